The van der Waals surface area contributed by atoms with Crippen molar-refractivity contribution in [2.45, 2.75) is 4.90 Å². The van der Waals surface area contributed by atoms with E-state index in [2.05, 4.69) is 10.0 Å². The Kier molecular flexibility index (Phi) is 4.80. The van der Waals surface area contributed by atoms with Crippen molar-refractivity contribution in [3.63, 3.8) is 0 Å². The van der Waals surface area contributed by atoms with E-state index in [0.29, 0.717) is 5.69 Å². The van der Waals surface area contributed by atoms with Gasteiger partial charge in [0.15, 0.2) is 0 Å². The molecule has 0 aliphatic carbocycles. The van der Waals surface area contributed by atoms with Crippen molar-refractivity contribution in [3.05, 3.63) is 52.5 Å². The minimum Gasteiger partial charge on any atom is -0.351 e. The molecule has 0 aliphatic heterocycles. The summed E-state index contributed by atoms with van der Waals surface area (Å²) in [4.78, 5) is 10.8. The number of primary amides is 1. The fraction of sp³-hybridized carbons (Fsp3) is 0. The number of hydrogen-bond acceptors (Lipinski definition) is 3. The van der Waals surface area contributed by atoms with E-state index < -0.39 is 16.1 Å². The SMILES string of the molecule is NC(=O)Nc1cccc(NS(=O)(=O)c2ccc(Cl)c(Cl)c2)c1. The van der Waals surface area contributed by atoms with Crippen LogP contribution in [-0.2, 0) is 10.0 Å². The van der Waals surface area contributed by atoms with E-state index in [0.717, 1.165) is 0 Å². The van der Waals surface area contributed by atoms with Gasteiger partial charge in [0.25, 0.3) is 10.0 Å². The second-order valence-corrected chi connectivity index (χ2v) is 6.75. The van der Waals surface area contributed by atoms with Crippen molar-refractivity contribution in [1.82, 2.24) is 0 Å². The summed E-state index contributed by atoms with van der Waals surface area (Å²) < 4.78 is 26.9. The van der Waals surface area contributed by atoms with Crippen LogP contribution in [0.15, 0.2) is 47.4 Å². The summed E-state index contributed by atoms with van der Waals surface area (Å²) in [5.74, 6) is 0. The Morgan fingerprint density at radius 1 is 1.00 bits per heavy atom. The molecule has 2 aromatic rings. The van der Waals surface area contributed by atoms with E-state index in [1.165, 1.54) is 30.3 Å². The smallest absolute Gasteiger partial charge is 0.316 e. The summed E-state index contributed by atoms with van der Waals surface area (Å²) in [5.41, 5.74) is 5.63. The zero-order valence-electron chi connectivity index (χ0n) is 11.0. The Morgan fingerprint density at radius 3 is 2.32 bits per heavy atom. The predicted molar refractivity (Wildman–Crippen MR) is 86.9 cm³/mol. The number of sulfonamides is 1. The monoisotopic (exact) mass is 359 g/mol. The number of hydrogen-bond donors (Lipinski definition) is 3. The molecule has 0 spiro atoms. The number of halogens is 2. The predicted octanol–water partition coefficient (Wildman–Crippen LogP) is 3.28. The summed E-state index contributed by atoms with van der Waals surface area (Å²) >= 11 is 11.6. The number of urea groups is 1. The summed E-state index contributed by atoms with van der Waals surface area (Å²) in [6.45, 7) is 0. The summed E-state index contributed by atoms with van der Waals surface area (Å²) in [6.07, 6.45) is 0. The minimum atomic E-state index is -3.83. The van der Waals surface area contributed by atoms with Crippen LogP contribution in [0.1, 0.15) is 0 Å². The molecule has 0 radical (unpaired) electrons. The lowest BCUT2D eigenvalue weighted by atomic mass is 10.3. The molecule has 0 aromatic heterocycles. The molecule has 116 valence electrons. The van der Waals surface area contributed by atoms with Gasteiger partial charge in [-0.3, -0.25) is 4.72 Å². The van der Waals surface area contributed by atoms with Gasteiger partial charge in [0.05, 0.1) is 20.6 Å². The Balaban J connectivity index is 2.28. The van der Waals surface area contributed by atoms with Crippen LogP contribution in [-0.4, -0.2) is 14.4 Å². The zero-order chi connectivity index (χ0) is 16.3. The van der Waals surface area contributed by atoms with Gasteiger partial charge in [0.1, 0.15) is 0 Å². The molecule has 4 N–H and O–H groups in total. The second kappa shape index (κ2) is 6.43. The van der Waals surface area contributed by atoms with Gasteiger partial charge in [0.2, 0.25) is 0 Å². The summed E-state index contributed by atoms with van der Waals surface area (Å²) in [7, 11) is -3.83. The largest absolute Gasteiger partial charge is 0.351 e. The molecule has 22 heavy (non-hydrogen) atoms. The summed E-state index contributed by atoms with van der Waals surface area (Å²) in [6, 6.07) is 9.33. The molecule has 0 heterocycles. The van der Waals surface area contributed by atoms with Gasteiger partial charge >= 0.3 is 6.03 Å². The van der Waals surface area contributed by atoms with E-state index in [1.807, 2.05) is 0 Å². The van der Waals surface area contributed by atoms with Crippen LogP contribution in [0.2, 0.25) is 10.0 Å². The number of benzene rings is 2. The van der Waals surface area contributed by atoms with Gasteiger partial charge in [-0.1, -0.05) is 29.3 Å². The van der Waals surface area contributed by atoms with E-state index in [9.17, 15) is 13.2 Å². The first-order valence-corrected chi connectivity index (χ1v) is 8.16. The highest BCUT2D eigenvalue weighted by Gasteiger charge is 2.16. The highest BCUT2D eigenvalue weighted by Crippen LogP contribution is 2.26. The maximum Gasteiger partial charge on any atom is 0.316 e. The fourth-order valence-corrected chi connectivity index (χ4v) is 3.10. The van der Waals surface area contributed by atoms with E-state index >= 15 is 0 Å². The van der Waals surface area contributed by atoms with Gasteiger partial charge in [-0.15, -0.1) is 0 Å². The number of nitrogens with two attached hydrogens (primary N) is 1. The van der Waals surface area contributed by atoms with Crippen LogP contribution in [0, 0.1) is 0 Å². The Morgan fingerprint density at radius 2 is 1.68 bits per heavy atom. The maximum atomic E-state index is 12.3. The number of amides is 2. The van der Waals surface area contributed by atoms with E-state index in [1.54, 1.807) is 12.1 Å². The third-order valence-electron chi connectivity index (χ3n) is 2.58. The Hall–Kier alpha value is -1.96. The molecule has 6 nitrogen and oxygen atoms in total. The molecular formula is C13H11Cl2N3O3S. The van der Waals surface area contributed by atoms with Gasteiger partial charge in [-0.05, 0) is 36.4 Å². The van der Waals surface area contributed by atoms with E-state index in [4.69, 9.17) is 28.9 Å². The summed E-state index contributed by atoms with van der Waals surface area (Å²) in [5, 5.41) is 2.74. The maximum absolute atomic E-state index is 12.3. The molecule has 2 aromatic carbocycles. The molecule has 0 saturated carbocycles. The van der Waals surface area contributed by atoms with Crippen molar-refractivity contribution >= 4 is 50.6 Å². The number of nitrogens with one attached hydrogen (secondary N) is 2. The number of anilines is 2. The van der Waals surface area contributed by atoms with Crippen molar-refractivity contribution < 1.29 is 13.2 Å². The lowest BCUT2D eigenvalue weighted by Crippen LogP contribution is -2.19. The van der Waals surface area contributed by atoms with Crippen LogP contribution < -0.4 is 15.8 Å². The molecule has 0 fully saturated rings. The molecule has 0 unspecified atom stereocenters. The molecule has 2 rings (SSSR count). The third-order valence-corrected chi connectivity index (χ3v) is 4.70. The first-order valence-electron chi connectivity index (χ1n) is 5.92. The standard InChI is InChI=1S/C13H11Cl2N3O3S/c14-11-5-4-10(7-12(11)15)22(20,21)18-9-3-1-2-8(6-9)17-13(16)19/h1-7,18H,(H3,16,17,19). The lowest BCUT2D eigenvalue weighted by Gasteiger charge is -2.10. The molecule has 0 atom stereocenters. The van der Waals surface area contributed by atoms with Crippen LogP contribution in [0.3, 0.4) is 0 Å². The normalized spacial score (nSPS) is 11.0. The fourth-order valence-electron chi connectivity index (χ4n) is 1.66. The first-order chi connectivity index (χ1) is 10.3. The Labute approximate surface area is 137 Å². The molecule has 0 bridgehead atoms. The van der Waals surface area contributed by atoms with Gasteiger partial charge in [0, 0.05) is 5.69 Å². The highest BCUT2D eigenvalue weighted by atomic mass is 35.5. The van der Waals surface area contributed by atoms with Gasteiger partial charge < -0.3 is 11.1 Å². The molecule has 0 saturated heterocycles. The van der Waals surface area contributed by atoms with Crippen LogP contribution in [0.25, 0.3) is 0 Å². The van der Waals surface area contributed by atoms with Crippen LogP contribution in [0.5, 0.6) is 0 Å². The van der Waals surface area contributed by atoms with Gasteiger partial charge in [-0.25, -0.2) is 13.2 Å². The molecule has 2 amide bonds. The Bertz CT molecular complexity index is 825. The molecule has 0 aliphatic rings. The number of carbonyl (C=O) groups is 1. The number of carbonyl (C=O) groups excluding carboxylic acids is 1. The second-order valence-electron chi connectivity index (χ2n) is 4.25. The van der Waals surface area contributed by atoms with Crippen LogP contribution in [0.4, 0.5) is 16.2 Å². The highest BCUT2D eigenvalue weighted by molar-refractivity contribution is 7.92. The van der Waals surface area contributed by atoms with Gasteiger partial charge in [-0.2, -0.15) is 0 Å². The van der Waals surface area contributed by atoms with Crippen molar-refractivity contribution in [2.75, 3.05) is 10.0 Å². The van der Waals surface area contributed by atoms with E-state index in [-0.39, 0.29) is 20.6 Å². The quantitative estimate of drug-likeness (QED) is 0.780. The van der Waals surface area contributed by atoms with Crippen molar-refractivity contribution in [3.8, 4) is 0 Å². The number of rotatable bonds is 4. The average Bonchev–Trinajstić information content (AvgIpc) is 2.40. The molecular weight excluding hydrogens is 349 g/mol. The lowest BCUT2D eigenvalue weighted by molar-refractivity contribution is 0.259. The molecule has 9 heteroatoms. The zero-order valence-corrected chi connectivity index (χ0v) is 13.3. The minimum absolute atomic E-state index is 0.0323. The topological polar surface area (TPSA) is 101 Å². The van der Waals surface area contributed by atoms with Crippen molar-refractivity contribution in [1.29, 1.82) is 0 Å². The average molecular weight is 360 g/mol. The first kappa shape index (κ1) is 16.4. The van der Waals surface area contributed by atoms with Crippen molar-refractivity contribution in [2.24, 2.45) is 5.73 Å². The third kappa shape index (κ3) is 4.03. The van der Waals surface area contributed by atoms with Crippen LogP contribution >= 0.6 is 23.2 Å².